The van der Waals surface area contributed by atoms with Crippen LogP contribution in [0.4, 0.5) is 0 Å². The lowest BCUT2D eigenvalue weighted by Crippen LogP contribution is -2.41. The van der Waals surface area contributed by atoms with Crippen molar-refractivity contribution in [2.75, 3.05) is 6.54 Å². The predicted molar refractivity (Wildman–Crippen MR) is 92.5 cm³/mol. The molecular formula is C19H23N3O3. The van der Waals surface area contributed by atoms with Crippen LogP contribution in [-0.4, -0.2) is 39.1 Å². The molecule has 25 heavy (non-hydrogen) atoms. The van der Waals surface area contributed by atoms with Crippen LogP contribution in [0.5, 0.6) is 0 Å². The molecule has 0 aliphatic carbocycles. The van der Waals surface area contributed by atoms with Gasteiger partial charge in [0.2, 0.25) is 5.91 Å². The van der Waals surface area contributed by atoms with Crippen molar-refractivity contribution in [1.29, 1.82) is 0 Å². The van der Waals surface area contributed by atoms with Crippen molar-refractivity contribution in [3.8, 4) is 0 Å². The highest BCUT2D eigenvalue weighted by atomic mass is 16.5. The number of rotatable bonds is 6. The van der Waals surface area contributed by atoms with E-state index in [1.807, 2.05) is 43.6 Å². The molecule has 132 valence electrons. The average Bonchev–Trinajstić information content (AvgIpc) is 3.27. The average molecular weight is 341 g/mol. The lowest BCUT2D eigenvalue weighted by atomic mass is 10.1. The fourth-order valence-electron chi connectivity index (χ4n) is 3.13. The molecule has 0 spiro atoms. The summed E-state index contributed by atoms with van der Waals surface area (Å²) in [6, 6.07) is 9.12. The van der Waals surface area contributed by atoms with Crippen LogP contribution in [0.2, 0.25) is 0 Å². The van der Waals surface area contributed by atoms with E-state index >= 15 is 0 Å². The van der Waals surface area contributed by atoms with E-state index in [0.29, 0.717) is 25.8 Å². The van der Waals surface area contributed by atoms with Crippen molar-refractivity contribution in [1.82, 2.24) is 14.7 Å². The quantitative estimate of drug-likeness (QED) is 0.755. The number of esters is 1. The minimum absolute atomic E-state index is 0.00279. The van der Waals surface area contributed by atoms with Crippen LogP contribution >= 0.6 is 0 Å². The number of carbonyl (C=O) groups excluding carboxylic acids is 2. The van der Waals surface area contributed by atoms with Crippen LogP contribution in [0.15, 0.2) is 42.7 Å². The highest BCUT2D eigenvalue weighted by Gasteiger charge is 2.34. The van der Waals surface area contributed by atoms with Crippen molar-refractivity contribution in [3.63, 3.8) is 0 Å². The Kier molecular flexibility index (Phi) is 5.48. The Morgan fingerprint density at radius 3 is 2.76 bits per heavy atom. The molecular weight excluding hydrogens is 318 g/mol. The summed E-state index contributed by atoms with van der Waals surface area (Å²) in [6.45, 7) is 0.866. The number of benzene rings is 1. The van der Waals surface area contributed by atoms with E-state index in [0.717, 1.165) is 17.5 Å². The summed E-state index contributed by atoms with van der Waals surface area (Å²) < 4.78 is 7.13. The van der Waals surface area contributed by atoms with Gasteiger partial charge in [0.05, 0.1) is 6.20 Å². The number of ether oxygens (including phenoxy) is 1. The van der Waals surface area contributed by atoms with Crippen molar-refractivity contribution in [3.05, 3.63) is 53.9 Å². The maximum Gasteiger partial charge on any atom is 0.329 e. The third kappa shape index (κ3) is 4.47. The SMILES string of the molecule is Cn1cc(CCC(=O)N2CCC[C@H]2C(=O)OCc2ccccc2)cn1. The molecule has 6 heteroatoms. The predicted octanol–water partition coefficient (Wildman–Crippen LogP) is 2.09. The van der Waals surface area contributed by atoms with Crippen LogP contribution in [-0.2, 0) is 34.4 Å². The molecule has 2 aromatic rings. The van der Waals surface area contributed by atoms with Gasteiger partial charge in [-0.2, -0.15) is 5.10 Å². The van der Waals surface area contributed by atoms with Gasteiger partial charge in [-0.15, -0.1) is 0 Å². The number of nitrogens with zero attached hydrogens (tertiary/aromatic N) is 3. The first-order chi connectivity index (χ1) is 12.1. The summed E-state index contributed by atoms with van der Waals surface area (Å²) in [5.74, 6) is -0.306. The Labute approximate surface area is 147 Å². The van der Waals surface area contributed by atoms with Gasteiger partial charge < -0.3 is 9.64 Å². The first-order valence-electron chi connectivity index (χ1n) is 8.61. The lowest BCUT2D eigenvalue weighted by molar-refractivity contribution is -0.154. The van der Waals surface area contributed by atoms with E-state index < -0.39 is 6.04 Å². The zero-order valence-electron chi connectivity index (χ0n) is 14.4. The van der Waals surface area contributed by atoms with E-state index in [-0.39, 0.29) is 18.5 Å². The third-order valence-corrected chi connectivity index (χ3v) is 4.46. The first-order valence-corrected chi connectivity index (χ1v) is 8.61. The van der Waals surface area contributed by atoms with E-state index in [1.54, 1.807) is 15.8 Å². The van der Waals surface area contributed by atoms with Crippen LogP contribution in [0.25, 0.3) is 0 Å². The second-order valence-electron chi connectivity index (χ2n) is 6.36. The molecule has 3 rings (SSSR count). The van der Waals surface area contributed by atoms with Crippen LogP contribution in [0.1, 0.15) is 30.4 Å². The largest absolute Gasteiger partial charge is 0.459 e. The number of hydrogen-bond donors (Lipinski definition) is 0. The maximum absolute atomic E-state index is 12.5. The standard InChI is InChI=1S/C19H23N3O3/c1-21-13-16(12-20-21)9-10-18(23)22-11-5-8-17(22)19(24)25-14-15-6-3-2-4-7-15/h2-4,6-7,12-13,17H,5,8-11,14H2,1H3/t17-/m0/s1. The summed E-state index contributed by atoms with van der Waals surface area (Å²) >= 11 is 0. The Morgan fingerprint density at radius 2 is 2.04 bits per heavy atom. The fourth-order valence-corrected chi connectivity index (χ4v) is 3.13. The number of carbonyl (C=O) groups is 2. The topological polar surface area (TPSA) is 64.4 Å². The van der Waals surface area contributed by atoms with Crippen LogP contribution in [0, 0.1) is 0 Å². The molecule has 0 unspecified atom stereocenters. The van der Waals surface area contributed by atoms with Crippen LogP contribution < -0.4 is 0 Å². The third-order valence-electron chi connectivity index (χ3n) is 4.46. The van der Waals surface area contributed by atoms with Gasteiger partial charge in [0.15, 0.2) is 0 Å². The van der Waals surface area contributed by atoms with Gasteiger partial charge in [0.1, 0.15) is 12.6 Å². The van der Waals surface area contributed by atoms with Crippen molar-refractivity contribution in [2.24, 2.45) is 7.05 Å². The van der Waals surface area contributed by atoms with E-state index in [4.69, 9.17) is 4.74 Å². The van der Waals surface area contributed by atoms with Gasteiger partial charge in [-0.1, -0.05) is 30.3 Å². The zero-order chi connectivity index (χ0) is 17.6. The van der Waals surface area contributed by atoms with Gasteiger partial charge in [-0.05, 0) is 30.4 Å². The number of likely N-dealkylation sites (tertiary alicyclic amines) is 1. The van der Waals surface area contributed by atoms with E-state index in [2.05, 4.69) is 5.10 Å². The summed E-state index contributed by atoms with van der Waals surface area (Å²) in [6.07, 6.45) is 6.20. The summed E-state index contributed by atoms with van der Waals surface area (Å²) in [7, 11) is 1.85. The molecule has 1 aromatic carbocycles. The molecule has 2 heterocycles. The van der Waals surface area contributed by atoms with Crippen molar-refractivity contribution >= 4 is 11.9 Å². The van der Waals surface area contributed by atoms with E-state index in [9.17, 15) is 9.59 Å². The molecule has 1 aliphatic rings. The fraction of sp³-hybridized carbons (Fsp3) is 0.421. The summed E-state index contributed by atoms with van der Waals surface area (Å²) in [4.78, 5) is 26.6. The Balaban J connectivity index is 1.52. The molecule has 1 aromatic heterocycles. The summed E-state index contributed by atoms with van der Waals surface area (Å²) in [5, 5.41) is 4.11. The first kappa shape index (κ1) is 17.2. The Bertz CT molecular complexity index is 727. The second-order valence-corrected chi connectivity index (χ2v) is 6.36. The second kappa shape index (κ2) is 7.96. The monoisotopic (exact) mass is 341 g/mol. The Morgan fingerprint density at radius 1 is 1.24 bits per heavy atom. The summed E-state index contributed by atoms with van der Waals surface area (Å²) in [5.41, 5.74) is 1.97. The molecule has 1 aliphatic heterocycles. The smallest absolute Gasteiger partial charge is 0.329 e. The molecule has 1 atom stereocenters. The number of aryl methyl sites for hydroxylation is 2. The molecule has 0 N–H and O–H groups in total. The zero-order valence-corrected chi connectivity index (χ0v) is 14.4. The molecule has 1 amide bonds. The molecule has 0 bridgehead atoms. The Hall–Kier alpha value is -2.63. The number of hydrogen-bond acceptors (Lipinski definition) is 4. The van der Waals surface area contributed by atoms with Gasteiger partial charge in [0.25, 0.3) is 0 Å². The van der Waals surface area contributed by atoms with Gasteiger partial charge in [-0.3, -0.25) is 9.48 Å². The van der Waals surface area contributed by atoms with Gasteiger partial charge in [0, 0.05) is 26.2 Å². The van der Waals surface area contributed by atoms with Crippen LogP contribution in [0.3, 0.4) is 0 Å². The van der Waals surface area contributed by atoms with Gasteiger partial charge >= 0.3 is 5.97 Å². The lowest BCUT2D eigenvalue weighted by Gasteiger charge is -2.23. The number of aromatic nitrogens is 2. The number of amides is 1. The minimum atomic E-state index is -0.454. The molecule has 0 radical (unpaired) electrons. The highest BCUT2D eigenvalue weighted by molar-refractivity contribution is 5.85. The molecule has 1 fully saturated rings. The highest BCUT2D eigenvalue weighted by Crippen LogP contribution is 2.20. The molecule has 6 nitrogen and oxygen atoms in total. The van der Waals surface area contributed by atoms with Gasteiger partial charge in [-0.25, -0.2) is 4.79 Å². The molecule has 1 saturated heterocycles. The maximum atomic E-state index is 12.5. The van der Waals surface area contributed by atoms with Crippen molar-refractivity contribution < 1.29 is 14.3 Å². The normalized spacial score (nSPS) is 16.8. The minimum Gasteiger partial charge on any atom is -0.459 e. The van der Waals surface area contributed by atoms with E-state index in [1.165, 1.54) is 0 Å². The van der Waals surface area contributed by atoms with Crippen molar-refractivity contribution in [2.45, 2.75) is 38.3 Å². The molecule has 0 saturated carbocycles.